The molecule has 0 saturated heterocycles. The Bertz CT molecular complexity index is 556. The van der Waals surface area contributed by atoms with Crippen LogP contribution in [-0.4, -0.2) is 5.11 Å². The molecule has 1 aliphatic rings. The molecule has 2 aromatic rings. The lowest BCUT2D eigenvalue weighted by molar-refractivity contribution is 0.0167. The molecule has 0 saturated carbocycles. The van der Waals surface area contributed by atoms with Crippen LogP contribution in [-0.2, 0) is 18.4 Å². The van der Waals surface area contributed by atoms with E-state index in [2.05, 4.69) is 19.1 Å². The number of aliphatic hydroxyl groups is 1. The topological polar surface area (TPSA) is 33.4 Å². The molecular weight excluding hydrogens is 224 g/mol. The molecule has 18 heavy (non-hydrogen) atoms. The van der Waals surface area contributed by atoms with Crippen LogP contribution in [0.3, 0.4) is 0 Å². The molecule has 1 N–H and O–H groups in total. The van der Waals surface area contributed by atoms with Crippen molar-refractivity contribution in [1.29, 1.82) is 0 Å². The highest BCUT2D eigenvalue weighted by Crippen LogP contribution is 2.38. The Hall–Kier alpha value is -1.54. The SMILES string of the molecule is Cc1ccccc1CC1(O)CCCc2occc21. The summed E-state index contributed by atoms with van der Waals surface area (Å²) >= 11 is 0. The largest absolute Gasteiger partial charge is 0.469 e. The predicted molar refractivity (Wildman–Crippen MR) is 70.4 cm³/mol. The molecule has 3 rings (SSSR count). The number of rotatable bonds is 2. The average molecular weight is 242 g/mol. The third kappa shape index (κ3) is 1.87. The van der Waals surface area contributed by atoms with Crippen molar-refractivity contribution < 1.29 is 9.52 Å². The molecule has 2 heteroatoms. The van der Waals surface area contributed by atoms with E-state index in [1.165, 1.54) is 11.1 Å². The maximum absolute atomic E-state index is 10.9. The molecule has 0 radical (unpaired) electrons. The molecule has 1 aromatic heterocycles. The first-order valence-electron chi connectivity index (χ1n) is 6.53. The Morgan fingerprint density at radius 3 is 2.94 bits per heavy atom. The third-order valence-electron chi connectivity index (χ3n) is 3.99. The lowest BCUT2D eigenvalue weighted by Gasteiger charge is -2.32. The van der Waals surface area contributed by atoms with Crippen molar-refractivity contribution in [2.45, 2.75) is 38.2 Å². The molecule has 0 fully saturated rings. The fourth-order valence-electron chi connectivity index (χ4n) is 2.93. The van der Waals surface area contributed by atoms with E-state index < -0.39 is 5.60 Å². The maximum atomic E-state index is 10.9. The first-order valence-corrected chi connectivity index (χ1v) is 6.53. The van der Waals surface area contributed by atoms with Gasteiger partial charge in [-0.15, -0.1) is 0 Å². The van der Waals surface area contributed by atoms with Gasteiger partial charge in [0, 0.05) is 18.4 Å². The Morgan fingerprint density at radius 1 is 1.28 bits per heavy atom. The molecule has 1 aliphatic carbocycles. The van der Waals surface area contributed by atoms with Gasteiger partial charge in [-0.25, -0.2) is 0 Å². The fraction of sp³-hybridized carbons (Fsp3) is 0.375. The molecule has 1 aromatic carbocycles. The quantitative estimate of drug-likeness (QED) is 0.876. The minimum absolute atomic E-state index is 0.673. The van der Waals surface area contributed by atoms with E-state index in [9.17, 15) is 5.11 Å². The van der Waals surface area contributed by atoms with Gasteiger partial charge in [0.05, 0.1) is 11.9 Å². The van der Waals surface area contributed by atoms with Crippen LogP contribution in [0.2, 0.25) is 0 Å². The highest BCUT2D eigenvalue weighted by molar-refractivity contribution is 5.33. The molecule has 0 aliphatic heterocycles. The molecule has 1 heterocycles. The van der Waals surface area contributed by atoms with Crippen molar-refractivity contribution in [3.8, 4) is 0 Å². The van der Waals surface area contributed by atoms with Gasteiger partial charge in [-0.1, -0.05) is 24.3 Å². The Morgan fingerprint density at radius 2 is 2.11 bits per heavy atom. The summed E-state index contributed by atoms with van der Waals surface area (Å²) in [7, 11) is 0. The summed E-state index contributed by atoms with van der Waals surface area (Å²) in [5.41, 5.74) is 2.68. The standard InChI is InChI=1S/C16H18O2/c1-12-5-2-3-6-13(12)11-16(17)9-4-7-15-14(16)8-10-18-15/h2-3,5-6,8,10,17H,4,7,9,11H2,1H3. The molecule has 1 atom stereocenters. The summed E-state index contributed by atoms with van der Waals surface area (Å²) in [5.74, 6) is 0.956. The van der Waals surface area contributed by atoms with E-state index in [1.807, 2.05) is 18.2 Å². The van der Waals surface area contributed by atoms with Gasteiger partial charge in [0.1, 0.15) is 5.76 Å². The monoisotopic (exact) mass is 242 g/mol. The fourth-order valence-corrected chi connectivity index (χ4v) is 2.93. The van der Waals surface area contributed by atoms with Crippen molar-refractivity contribution in [3.63, 3.8) is 0 Å². The van der Waals surface area contributed by atoms with Crippen molar-refractivity contribution in [3.05, 3.63) is 59.0 Å². The van der Waals surface area contributed by atoms with Gasteiger partial charge >= 0.3 is 0 Å². The van der Waals surface area contributed by atoms with E-state index in [1.54, 1.807) is 6.26 Å². The number of hydrogen-bond acceptors (Lipinski definition) is 2. The zero-order chi connectivity index (χ0) is 12.6. The zero-order valence-corrected chi connectivity index (χ0v) is 10.6. The Labute approximate surface area is 107 Å². The van der Waals surface area contributed by atoms with Crippen LogP contribution in [0.1, 0.15) is 35.3 Å². The van der Waals surface area contributed by atoms with Gasteiger partial charge < -0.3 is 9.52 Å². The number of hydrogen-bond donors (Lipinski definition) is 1. The van der Waals surface area contributed by atoms with Gasteiger partial charge in [-0.2, -0.15) is 0 Å². The summed E-state index contributed by atoms with van der Waals surface area (Å²) in [5, 5.41) is 10.9. The maximum Gasteiger partial charge on any atom is 0.109 e. The normalized spacial score (nSPS) is 22.8. The molecule has 0 amide bonds. The van der Waals surface area contributed by atoms with Crippen LogP contribution in [0.25, 0.3) is 0 Å². The van der Waals surface area contributed by atoms with Crippen molar-refractivity contribution in [2.75, 3.05) is 0 Å². The molecular formula is C16H18O2. The lowest BCUT2D eigenvalue weighted by Crippen LogP contribution is -2.32. The van der Waals surface area contributed by atoms with Crippen molar-refractivity contribution >= 4 is 0 Å². The van der Waals surface area contributed by atoms with Gasteiger partial charge in [0.15, 0.2) is 0 Å². The number of aryl methyl sites for hydroxylation is 2. The lowest BCUT2D eigenvalue weighted by atomic mass is 9.78. The minimum Gasteiger partial charge on any atom is -0.469 e. The molecule has 1 unspecified atom stereocenters. The van der Waals surface area contributed by atoms with Gasteiger partial charge in [0.25, 0.3) is 0 Å². The molecule has 0 bridgehead atoms. The second-order valence-corrected chi connectivity index (χ2v) is 5.25. The van der Waals surface area contributed by atoms with E-state index in [0.717, 1.165) is 30.6 Å². The average Bonchev–Trinajstić information content (AvgIpc) is 2.82. The zero-order valence-electron chi connectivity index (χ0n) is 10.6. The van der Waals surface area contributed by atoms with Gasteiger partial charge in [-0.3, -0.25) is 0 Å². The number of furan rings is 1. The van der Waals surface area contributed by atoms with E-state index in [0.29, 0.717) is 6.42 Å². The van der Waals surface area contributed by atoms with E-state index >= 15 is 0 Å². The summed E-state index contributed by atoms with van der Waals surface area (Å²) < 4.78 is 5.46. The smallest absolute Gasteiger partial charge is 0.109 e. The van der Waals surface area contributed by atoms with Crippen LogP contribution in [0.4, 0.5) is 0 Å². The highest BCUT2D eigenvalue weighted by Gasteiger charge is 2.36. The third-order valence-corrected chi connectivity index (χ3v) is 3.99. The minimum atomic E-state index is -0.757. The number of benzene rings is 1. The van der Waals surface area contributed by atoms with Crippen LogP contribution in [0, 0.1) is 6.92 Å². The molecule has 2 nitrogen and oxygen atoms in total. The van der Waals surface area contributed by atoms with Crippen LogP contribution >= 0.6 is 0 Å². The summed E-state index contributed by atoms with van der Waals surface area (Å²) in [4.78, 5) is 0. The predicted octanol–water partition coefficient (Wildman–Crippen LogP) is 3.35. The highest BCUT2D eigenvalue weighted by atomic mass is 16.3. The summed E-state index contributed by atoms with van der Waals surface area (Å²) in [6.45, 7) is 2.10. The van der Waals surface area contributed by atoms with Crippen LogP contribution in [0.15, 0.2) is 41.0 Å². The number of fused-ring (bicyclic) bond motifs is 1. The second-order valence-electron chi connectivity index (χ2n) is 5.25. The Balaban J connectivity index is 1.96. The second kappa shape index (κ2) is 4.29. The first kappa shape index (κ1) is 11.5. The van der Waals surface area contributed by atoms with Crippen molar-refractivity contribution in [1.82, 2.24) is 0 Å². The van der Waals surface area contributed by atoms with E-state index in [-0.39, 0.29) is 0 Å². The van der Waals surface area contributed by atoms with Crippen LogP contribution in [0.5, 0.6) is 0 Å². The van der Waals surface area contributed by atoms with Crippen LogP contribution < -0.4 is 0 Å². The van der Waals surface area contributed by atoms with Gasteiger partial charge in [-0.05, 0) is 37.0 Å². The molecule has 0 spiro atoms. The first-order chi connectivity index (χ1) is 8.69. The van der Waals surface area contributed by atoms with Gasteiger partial charge in [0.2, 0.25) is 0 Å². The summed E-state index contributed by atoms with van der Waals surface area (Å²) in [6.07, 6.45) is 5.11. The van der Waals surface area contributed by atoms with Crippen molar-refractivity contribution in [2.24, 2.45) is 0 Å². The van der Waals surface area contributed by atoms with E-state index in [4.69, 9.17) is 4.42 Å². The summed E-state index contributed by atoms with van der Waals surface area (Å²) in [6, 6.07) is 10.2. The molecule has 94 valence electrons. The Kier molecular flexibility index (Phi) is 2.75.